The van der Waals surface area contributed by atoms with Crippen LogP contribution in [-0.2, 0) is 0 Å². The van der Waals surface area contributed by atoms with Crippen LogP contribution in [0.2, 0.25) is 0 Å². The lowest BCUT2D eigenvalue weighted by molar-refractivity contribution is 0.0998. The number of pyridine rings is 1. The number of nitrogens with zero attached hydrogens (tertiary/aromatic N) is 2. The van der Waals surface area contributed by atoms with Gasteiger partial charge in [0.1, 0.15) is 5.69 Å². The van der Waals surface area contributed by atoms with Crippen molar-refractivity contribution in [1.82, 2.24) is 4.98 Å². The van der Waals surface area contributed by atoms with Crippen molar-refractivity contribution < 1.29 is 4.79 Å². The van der Waals surface area contributed by atoms with Crippen LogP contribution in [0.15, 0.2) is 41.7 Å². The molecule has 0 aliphatic rings. The molecule has 0 fully saturated rings. The van der Waals surface area contributed by atoms with E-state index in [9.17, 15) is 9.70 Å². The van der Waals surface area contributed by atoms with E-state index < -0.39 is 5.91 Å². The molecule has 0 radical (unpaired) electrons. The van der Waals surface area contributed by atoms with Gasteiger partial charge in [0.15, 0.2) is 0 Å². The fourth-order valence-corrected chi connectivity index (χ4v) is 1.33. The van der Waals surface area contributed by atoms with E-state index in [4.69, 9.17) is 0 Å². The molecule has 4 nitrogen and oxygen atoms in total. The average Bonchev–Trinajstić information content (AvgIpc) is 2.39. The van der Waals surface area contributed by atoms with Gasteiger partial charge in [-0.2, -0.15) is 0 Å². The molecule has 0 spiro atoms. The average molecular weight is 216 g/mol. The Kier molecular flexibility index (Phi) is 4.27. The number of nitroso groups, excluding NO2 is 1. The highest BCUT2D eigenvalue weighted by atomic mass is 16.3. The number of hydrogen-bond donors (Lipinski definition) is 0. The van der Waals surface area contributed by atoms with Crippen LogP contribution in [0.25, 0.3) is 10.8 Å². The first-order chi connectivity index (χ1) is 7.83. The van der Waals surface area contributed by atoms with E-state index in [1.165, 1.54) is 6.20 Å². The second-order valence-electron chi connectivity index (χ2n) is 2.78. The molecule has 0 saturated heterocycles. The summed E-state index contributed by atoms with van der Waals surface area (Å²) in [6.07, 6.45) is 1.49. The van der Waals surface area contributed by atoms with Gasteiger partial charge in [-0.05, 0) is 11.5 Å². The number of amides is 1. The molecule has 4 heteroatoms. The topological polar surface area (TPSA) is 59.4 Å². The summed E-state index contributed by atoms with van der Waals surface area (Å²) in [6.45, 7) is 4.00. The molecule has 0 N–H and O–H groups in total. The maximum absolute atomic E-state index is 11.1. The van der Waals surface area contributed by atoms with Gasteiger partial charge in [-0.1, -0.05) is 38.1 Å². The molecular weight excluding hydrogens is 204 g/mol. The van der Waals surface area contributed by atoms with Crippen molar-refractivity contribution in [2.75, 3.05) is 0 Å². The number of carbonyl (C=O) groups excluding carboxylic acids is 1. The minimum atomic E-state index is -0.832. The third-order valence-corrected chi connectivity index (χ3v) is 1.96. The first-order valence-corrected chi connectivity index (χ1v) is 5.04. The van der Waals surface area contributed by atoms with E-state index in [1.54, 1.807) is 18.2 Å². The van der Waals surface area contributed by atoms with Crippen LogP contribution < -0.4 is 0 Å². The lowest BCUT2D eigenvalue weighted by atomic mass is 10.1. The maximum atomic E-state index is 11.1. The highest BCUT2D eigenvalue weighted by molar-refractivity contribution is 6.05. The number of aromatic nitrogens is 1. The fourth-order valence-electron chi connectivity index (χ4n) is 1.33. The predicted octanol–water partition coefficient (Wildman–Crippen LogP) is 3.17. The monoisotopic (exact) mass is 216 g/mol. The normalized spacial score (nSPS) is 9.12. The molecule has 0 saturated carbocycles. The van der Waals surface area contributed by atoms with Gasteiger partial charge in [0, 0.05) is 16.8 Å². The second-order valence-corrected chi connectivity index (χ2v) is 2.78. The number of carbonyl (C=O) groups is 1. The van der Waals surface area contributed by atoms with E-state index in [0.29, 0.717) is 5.39 Å². The Bertz CT molecular complexity index is 504. The summed E-state index contributed by atoms with van der Waals surface area (Å²) in [5, 5.41) is 3.88. The van der Waals surface area contributed by atoms with E-state index >= 15 is 0 Å². The van der Waals surface area contributed by atoms with Crippen LogP contribution in [-0.4, -0.2) is 10.9 Å². The van der Waals surface area contributed by atoms with Gasteiger partial charge in [0.25, 0.3) is 0 Å². The number of rotatable bonds is 1. The Labute approximate surface area is 93.3 Å². The van der Waals surface area contributed by atoms with E-state index in [1.807, 2.05) is 26.0 Å². The molecule has 0 unspecified atom stereocenters. The van der Waals surface area contributed by atoms with Crippen LogP contribution in [0.1, 0.15) is 24.3 Å². The zero-order valence-corrected chi connectivity index (χ0v) is 9.18. The minimum absolute atomic E-state index is 0.109. The van der Waals surface area contributed by atoms with Crippen molar-refractivity contribution in [2.45, 2.75) is 13.8 Å². The van der Waals surface area contributed by atoms with Crippen molar-refractivity contribution in [2.24, 2.45) is 5.18 Å². The maximum Gasteiger partial charge on any atom is 0.335 e. The van der Waals surface area contributed by atoms with Crippen molar-refractivity contribution in [3.63, 3.8) is 0 Å². The van der Waals surface area contributed by atoms with Gasteiger partial charge >= 0.3 is 5.91 Å². The summed E-state index contributed by atoms with van der Waals surface area (Å²) in [4.78, 5) is 25.0. The summed E-state index contributed by atoms with van der Waals surface area (Å²) in [6, 6.07) is 8.99. The molecule has 82 valence electrons. The van der Waals surface area contributed by atoms with E-state index in [2.05, 4.69) is 10.2 Å². The number of hydrogen-bond acceptors (Lipinski definition) is 3. The summed E-state index contributed by atoms with van der Waals surface area (Å²) in [7, 11) is 0. The molecule has 0 bridgehead atoms. The Morgan fingerprint density at radius 1 is 1.19 bits per heavy atom. The molecule has 0 aliphatic heterocycles. The number of fused-ring (bicyclic) bond motifs is 1. The van der Waals surface area contributed by atoms with Gasteiger partial charge in [0.2, 0.25) is 0 Å². The summed E-state index contributed by atoms with van der Waals surface area (Å²) >= 11 is 0. The van der Waals surface area contributed by atoms with Crippen molar-refractivity contribution >= 4 is 16.7 Å². The van der Waals surface area contributed by atoms with E-state index in [0.717, 1.165) is 5.39 Å². The third-order valence-electron chi connectivity index (χ3n) is 1.96. The summed E-state index contributed by atoms with van der Waals surface area (Å²) < 4.78 is 0. The van der Waals surface area contributed by atoms with Crippen LogP contribution in [0, 0.1) is 4.91 Å². The fraction of sp³-hybridized carbons (Fsp3) is 0.167. The third kappa shape index (κ3) is 2.28. The lowest BCUT2D eigenvalue weighted by Crippen LogP contribution is -1.98. The van der Waals surface area contributed by atoms with Gasteiger partial charge in [-0.15, -0.1) is 4.91 Å². The van der Waals surface area contributed by atoms with Gasteiger partial charge < -0.3 is 0 Å². The Morgan fingerprint density at radius 2 is 1.88 bits per heavy atom. The standard InChI is InChI=1S/C10H6N2O2.C2H6/c13-10(12-14)9-8-4-2-1-3-7(8)5-6-11-9;1-2/h1-6H;1-2H3. The van der Waals surface area contributed by atoms with Crippen molar-refractivity contribution in [1.29, 1.82) is 0 Å². The molecule has 16 heavy (non-hydrogen) atoms. The van der Waals surface area contributed by atoms with Gasteiger partial charge in [-0.3, -0.25) is 9.78 Å². The minimum Gasteiger partial charge on any atom is -0.261 e. The highest BCUT2D eigenvalue weighted by Crippen LogP contribution is 2.16. The molecule has 1 aromatic carbocycles. The Balaban J connectivity index is 0.000000606. The largest absolute Gasteiger partial charge is 0.335 e. The molecular formula is C12H12N2O2. The smallest absolute Gasteiger partial charge is 0.261 e. The molecule has 2 rings (SSSR count). The Hall–Kier alpha value is -2.10. The SMILES string of the molecule is CC.O=NC(=O)c1nccc2ccccc12. The summed E-state index contributed by atoms with van der Waals surface area (Å²) in [5.74, 6) is -0.832. The highest BCUT2D eigenvalue weighted by Gasteiger charge is 2.10. The quantitative estimate of drug-likeness (QED) is 0.688. The Morgan fingerprint density at radius 3 is 2.56 bits per heavy atom. The molecule has 0 atom stereocenters. The molecule has 1 heterocycles. The van der Waals surface area contributed by atoms with Crippen LogP contribution in [0.4, 0.5) is 0 Å². The van der Waals surface area contributed by atoms with Gasteiger partial charge in [0.05, 0.1) is 0 Å². The van der Waals surface area contributed by atoms with Crippen LogP contribution in [0.5, 0.6) is 0 Å². The molecule has 1 amide bonds. The first kappa shape index (κ1) is 12.0. The van der Waals surface area contributed by atoms with Crippen molar-refractivity contribution in [3.8, 4) is 0 Å². The zero-order valence-electron chi connectivity index (χ0n) is 9.18. The first-order valence-electron chi connectivity index (χ1n) is 5.04. The molecule has 1 aromatic heterocycles. The van der Waals surface area contributed by atoms with Crippen LogP contribution >= 0.6 is 0 Å². The number of benzene rings is 1. The van der Waals surface area contributed by atoms with Crippen molar-refractivity contribution in [3.05, 3.63) is 47.1 Å². The zero-order chi connectivity index (χ0) is 12.0. The predicted molar refractivity (Wildman–Crippen MR) is 63.2 cm³/mol. The molecule has 2 aromatic rings. The van der Waals surface area contributed by atoms with Gasteiger partial charge in [-0.25, -0.2) is 0 Å². The summed E-state index contributed by atoms with van der Waals surface area (Å²) in [5.41, 5.74) is 0.109. The molecule has 0 aliphatic carbocycles. The van der Waals surface area contributed by atoms with E-state index in [-0.39, 0.29) is 5.69 Å². The van der Waals surface area contributed by atoms with Crippen LogP contribution in [0.3, 0.4) is 0 Å². The second kappa shape index (κ2) is 5.70. The lowest BCUT2D eigenvalue weighted by Gasteiger charge is -1.99.